The van der Waals surface area contributed by atoms with Gasteiger partial charge < -0.3 is 10.2 Å². The summed E-state index contributed by atoms with van der Waals surface area (Å²) in [4.78, 5) is 31.4. The van der Waals surface area contributed by atoms with Crippen LogP contribution in [0.5, 0.6) is 0 Å². The van der Waals surface area contributed by atoms with Crippen LogP contribution in [-0.4, -0.2) is 48.5 Å². The first kappa shape index (κ1) is 22.5. The molecule has 1 N–H and O–H groups in total. The van der Waals surface area contributed by atoms with Gasteiger partial charge in [-0.2, -0.15) is 0 Å². The summed E-state index contributed by atoms with van der Waals surface area (Å²) in [5, 5.41) is 2.63. The van der Waals surface area contributed by atoms with Gasteiger partial charge in [0.05, 0.1) is 16.1 Å². The highest BCUT2D eigenvalue weighted by molar-refractivity contribution is 7.92. The Morgan fingerprint density at radius 3 is 2.41 bits per heavy atom. The third kappa shape index (κ3) is 5.01. The van der Waals surface area contributed by atoms with Crippen molar-refractivity contribution in [2.24, 2.45) is 5.92 Å². The molecule has 2 aromatic rings. The summed E-state index contributed by atoms with van der Waals surface area (Å²) in [7, 11) is -3.28. The lowest BCUT2D eigenvalue weighted by Gasteiger charge is -2.21. The predicted molar refractivity (Wildman–Crippen MR) is 122 cm³/mol. The second-order valence-corrected chi connectivity index (χ2v) is 11.2. The second-order valence-electron chi connectivity index (χ2n) is 8.93. The third-order valence-corrected chi connectivity index (χ3v) is 8.63. The number of carbonyl (C=O) groups is 2. The lowest BCUT2D eigenvalue weighted by Crippen LogP contribution is -2.28. The lowest BCUT2D eigenvalue weighted by atomic mass is 9.87. The van der Waals surface area contributed by atoms with Crippen molar-refractivity contribution in [3.63, 3.8) is 0 Å². The normalized spacial score (nSPS) is 19.6. The number of carbonyl (C=O) groups excluding carboxylic acids is 2. The monoisotopic (exact) mass is 455 g/mol. The molecule has 0 bridgehead atoms. The van der Waals surface area contributed by atoms with E-state index in [4.69, 9.17) is 0 Å². The summed E-state index contributed by atoms with van der Waals surface area (Å²) in [6.07, 6.45) is 4.56. The van der Waals surface area contributed by atoms with Crippen molar-refractivity contribution in [1.82, 2.24) is 9.88 Å². The van der Waals surface area contributed by atoms with E-state index in [0.29, 0.717) is 43.1 Å². The van der Waals surface area contributed by atoms with Gasteiger partial charge in [-0.25, -0.2) is 13.4 Å². The minimum Gasteiger partial charge on any atom is -0.343 e. The Morgan fingerprint density at radius 2 is 1.84 bits per heavy atom. The average molecular weight is 456 g/mol. The Balaban J connectivity index is 1.55. The number of rotatable bonds is 7. The van der Waals surface area contributed by atoms with E-state index in [1.807, 2.05) is 17.9 Å². The molecule has 32 heavy (non-hydrogen) atoms. The minimum atomic E-state index is -3.28. The summed E-state index contributed by atoms with van der Waals surface area (Å²) < 4.78 is 25.1. The quantitative estimate of drug-likeness (QED) is 0.691. The number of nitrogens with zero attached hydrogens (tertiary/aromatic N) is 2. The van der Waals surface area contributed by atoms with E-state index in [1.54, 1.807) is 43.5 Å². The molecule has 8 heteroatoms. The molecule has 0 radical (unpaired) electrons. The number of likely N-dealkylation sites (tertiary alicyclic amines) is 1. The lowest BCUT2D eigenvalue weighted by molar-refractivity contribution is -0.127. The Morgan fingerprint density at radius 1 is 1.12 bits per heavy atom. The van der Waals surface area contributed by atoms with E-state index in [9.17, 15) is 18.0 Å². The van der Waals surface area contributed by atoms with Gasteiger partial charge in [0.1, 0.15) is 5.82 Å². The highest BCUT2D eigenvalue weighted by atomic mass is 32.2. The molecular weight excluding hydrogens is 426 g/mol. The highest BCUT2D eigenvalue weighted by Crippen LogP contribution is 2.35. The number of hydrogen-bond acceptors (Lipinski definition) is 5. The van der Waals surface area contributed by atoms with Crippen molar-refractivity contribution >= 4 is 27.5 Å². The van der Waals surface area contributed by atoms with Crippen molar-refractivity contribution < 1.29 is 18.0 Å². The fourth-order valence-electron chi connectivity index (χ4n) is 4.25. The number of pyridine rings is 1. The molecule has 1 saturated carbocycles. The van der Waals surface area contributed by atoms with E-state index >= 15 is 0 Å². The van der Waals surface area contributed by atoms with E-state index in [0.717, 1.165) is 17.5 Å². The largest absolute Gasteiger partial charge is 0.343 e. The molecule has 2 aliphatic rings. The summed E-state index contributed by atoms with van der Waals surface area (Å²) >= 11 is 0. The van der Waals surface area contributed by atoms with Crippen LogP contribution in [-0.2, 0) is 19.4 Å². The molecule has 4 rings (SSSR count). The zero-order valence-corrected chi connectivity index (χ0v) is 19.3. The van der Waals surface area contributed by atoms with E-state index in [2.05, 4.69) is 10.3 Å². The van der Waals surface area contributed by atoms with Gasteiger partial charge in [0.15, 0.2) is 9.84 Å². The third-order valence-electron chi connectivity index (χ3n) is 6.35. The van der Waals surface area contributed by atoms with Gasteiger partial charge in [0.2, 0.25) is 11.8 Å². The van der Waals surface area contributed by atoms with Gasteiger partial charge in [-0.1, -0.05) is 18.2 Å². The molecule has 2 unspecified atom stereocenters. The molecule has 1 aromatic heterocycles. The molecule has 1 aliphatic heterocycles. The van der Waals surface area contributed by atoms with Crippen LogP contribution in [0, 0.1) is 12.8 Å². The van der Waals surface area contributed by atoms with Gasteiger partial charge in [-0.05, 0) is 67.9 Å². The van der Waals surface area contributed by atoms with E-state index in [1.165, 1.54) is 0 Å². The molecule has 1 aromatic carbocycles. The van der Waals surface area contributed by atoms with Crippen LogP contribution in [0.4, 0.5) is 5.82 Å². The van der Waals surface area contributed by atoms with Gasteiger partial charge in [-0.15, -0.1) is 0 Å². The standard InChI is InChI=1S/C24H29N3O4S/c1-16-3-10-23(25-14-16)26-24(29)22(13-18-11-12-27(15-18)17(2)28)19-4-6-20(7-5-19)32(30,31)21-8-9-21/h3-7,10,14,18,21-22H,8-9,11-13,15H2,1-2H3,(H,25,26,29). The topological polar surface area (TPSA) is 96.4 Å². The maximum absolute atomic E-state index is 13.3. The molecule has 1 aliphatic carbocycles. The fourth-order valence-corrected chi connectivity index (χ4v) is 5.91. The first-order chi connectivity index (χ1) is 15.2. The van der Waals surface area contributed by atoms with Crippen LogP contribution in [0.1, 0.15) is 49.7 Å². The summed E-state index contributed by atoms with van der Waals surface area (Å²) in [5.41, 5.74) is 1.77. The molecule has 2 atom stereocenters. The Bertz CT molecular complexity index is 1090. The van der Waals surface area contributed by atoms with Crippen molar-refractivity contribution in [3.05, 3.63) is 53.7 Å². The summed E-state index contributed by atoms with van der Waals surface area (Å²) in [6, 6.07) is 10.4. The first-order valence-corrected chi connectivity index (χ1v) is 12.6. The number of hydrogen-bond donors (Lipinski definition) is 1. The molecular formula is C24H29N3O4S. The van der Waals surface area contributed by atoms with Crippen LogP contribution < -0.4 is 5.32 Å². The van der Waals surface area contributed by atoms with Crippen LogP contribution in [0.2, 0.25) is 0 Å². The Labute approximate surface area is 189 Å². The number of sulfone groups is 1. The summed E-state index contributed by atoms with van der Waals surface area (Å²) in [5.74, 6) is 0.0888. The zero-order valence-electron chi connectivity index (χ0n) is 18.5. The van der Waals surface area contributed by atoms with Crippen LogP contribution in [0.3, 0.4) is 0 Å². The Kier molecular flexibility index (Phi) is 6.33. The highest BCUT2D eigenvalue weighted by Gasteiger charge is 2.37. The number of nitrogens with one attached hydrogen (secondary N) is 1. The van der Waals surface area contributed by atoms with Gasteiger partial charge in [0.25, 0.3) is 0 Å². The minimum absolute atomic E-state index is 0.0481. The van der Waals surface area contributed by atoms with Crippen molar-refractivity contribution in [1.29, 1.82) is 0 Å². The average Bonchev–Trinajstić information content (AvgIpc) is 3.53. The van der Waals surface area contributed by atoms with Crippen LogP contribution in [0.15, 0.2) is 47.5 Å². The number of amides is 2. The number of anilines is 1. The van der Waals surface area contributed by atoms with Crippen molar-refractivity contribution in [2.75, 3.05) is 18.4 Å². The molecule has 2 heterocycles. The zero-order chi connectivity index (χ0) is 22.9. The number of benzene rings is 1. The molecule has 2 fully saturated rings. The van der Waals surface area contributed by atoms with Crippen LogP contribution >= 0.6 is 0 Å². The summed E-state index contributed by atoms with van der Waals surface area (Å²) in [6.45, 7) is 4.83. The van der Waals surface area contributed by atoms with E-state index in [-0.39, 0.29) is 23.0 Å². The van der Waals surface area contributed by atoms with Gasteiger partial charge in [-0.3, -0.25) is 9.59 Å². The Hall–Kier alpha value is -2.74. The SMILES string of the molecule is CC(=O)N1CCC(CC(C(=O)Nc2ccc(C)cn2)c2ccc(S(=O)(=O)C3CC3)cc2)C1. The molecule has 170 valence electrons. The molecule has 0 spiro atoms. The first-order valence-electron chi connectivity index (χ1n) is 11.1. The van der Waals surface area contributed by atoms with E-state index < -0.39 is 15.8 Å². The van der Waals surface area contributed by atoms with Crippen molar-refractivity contribution in [2.45, 2.75) is 55.6 Å². The maximum atomic E-state index is 13.3. The number of aryl methyl sites for hydroxylation is 1. The van der Waals surface area contributed by atoms with Crippen molar-refractivity contribution in [3.8, 4) is 0 Å². The van der Waals surface area contributed by atoms with Gasteiger partial charge >= 0.3 is 0 Å². The maximum Gasteiger partial charge on any atom is 0.233 e. The molecule has 1 saturated heterocycles. The number of aromatic nitrogens is 1. The molecule has 7 nitrogen and oxygen atoms in total. The van der Waals surface area contributed by atoms with Crippen LogP contribution in [0.25, 0.3) is 0 Å². The second kappa shape index (κ2) is 9.02. The fraction of sp³-hybridized carbons (Fsp3) is 0.458. The van der Waals surface area contributed by atoms with Gasteiger partial charge in [0, 0.05) is 26.2 Å². The predicted octanol–water partition coefficient (Wildman–Crippen LogP) is 3.31. The molecule has 2 amide bonds. The smallest absolute Gasteiger partial charge is 0.233 e.